The number of pyridine rings is 1. The molecule has 4 nitrogen and oxygen atoms in total. The van der Waals surface area contributed by atoms with Gasteiger partial charge in [0.1, 0.15) is 11.6 Å². The molecular formula is C12H17FN2O2. The molecule has 1 aromatic rings. The summed E-state index contributed by atoms with van der Waals surface area (Å²) >= 11 is 0. The van der Waals surface area contributed by atoms with Crippen LogP contribution in [0.25, 0.3) is 0 Å². The molecule has 0 aliphatic carbocycles. The van der Waals surface area contributed by atoms with Gasteiger partial charge in [-0.3, -0.25) is 0 Å². The van der Waals surface area contributed by atoms with Crippen molar-refractivity contribution in [3.8, 4) is 0 Å². The van der Waals surface area contributed by atoms with E-state index in [1.54, 1.807) is 7.11 Å². The zero-order valence-corrected chi connectivity index (χ0v) is 9.90. The van der Waals surface area contributed by atoms with Gasteiger partial charge in [-0.1, -0.05) is 0 Å². The molecule has 1 N–H and O–H groups in total. The fraction of sp³-hybridized carbons (Fsp3) is 0.583. The maximum absolute atomic E-state index is 13.0. The lowest BCUT2D eigenvalue weighted by Gasteiger charge is -2.33. The van der Waals surface area contributed by atoms with Crippen LogP contribution in [-0.4, -0.2) is 36.4 Å². The third-order valence-electron chi connectivity index (χ3n) is 3.09. The Hall–Kier alpha value is -1.20. The quantitative estimate of drug-likeness (QED) is 0.865. The SMILES string of the molecule is COC1CCCN(c2ncc(F)cc2CO)C1. The van der Waals surface area contributed by atoms with E-state index in [-0.39, 0.29) is 12.7 Å². The summed E-state index contributed by atoms with van der Waals surface area (Å²) in [5.74, 6) is 0.244. The van der Waals surface area contributed by atoms with Gasteiger partial charge in [-0.25, -0.2) is 9.37 Å². The first-order chi connectivity index (χ1) is 8.24. The highest BCUT2D eigenvalue weighted by atomic mass is 19.1. The van der Waals surface area contributed by atoms with Crippen molar-refractivity contribution in [3.05, 3.63) is 23.6 Å². The van der Waals surface area contributed by atoms with Crippen molar-refractivity contribution in [2.24, 2.45) is 0 Å². The van der Waals surface area contributed by atoms with Crippen molar-refractivity contribution < 1.29 is 14.2 Å². The summed E-state index contributed by atoms with van der Waals surface area (Å²) in [6, 6.07) is 1.33. The molecule has 0 aromatic carbocycles. The Kier molecular flexibility index (Phi) is 3.91. The molecule has 5 heteroatoms. The maximum Gasteiger partial charge on any atom is 0.142 e. The van der Waals surface area contributed by atoms with Crippen LogP contribution in [0.3, 0.4) is 0 Å². The van der Waals surface area contributed by atoms with Gasteiger partial charge in [-0.15, -0.1) is 0 Å². The largest absolute Gasteiger partial charge is 0.392 e. The second-order valence-corrected chi connectivity index (χ2v) is 4.24. The average Bonchev–Trinajstić information content (AvgIpc) is 2.38. The number of hydrogen-bond donors (Lipinski definition) is 1. The molecule has 0 spiro atoms. The van der Waals surface area contributed by atoms with Crippen LogP contribution < -0.4 is 4.90 Å². The lowest BCUT2D eigenvalue weighted by molar-refractivity contribution is 0.0890. The summed E-state index contributed by atoms with van der Waals surface area (Å²) < 4.78 is 18.4. The van der Waals surface area contributed by atoms with Gasteiger partial charge < -0.3 is 14.7 Å². The Morgan fingerprint density at radius 2 is 2.47 bits per heavy atom. The third-order valence-corrected chi connectivity index (χ3v) is 3.09. The molecule has 0 saturated carbocycles. The first-order valence-corrected chi connectivity index (χ1v) is 5.77. The van der Waals surface area contributed by atoms with E-state index in [0.29, 0.717) is 11.4 Å². The molecule has 1 saturated heterocycles. The van der Waals surface area contributed by atoms with Crippen LogP contribution in [0.1, 0.15) is 18.4 Å². The number of aliphatic hydroxyl groups excluding tert-OH is 1. The number of ether oxygens (including phenoxy) is 1. The Morgan fingerprint density at radius 1 is 1.65 bits per heavy atom. The van der Waals surface area contributed by atoms with Crippen molar-refractivity contribution in [2.45, 2.75) is 25.6 Å². The van der Waals surface area contributed by atoms with Crippen molar-refractivity contribution in [1.82, 2.24) is 4.98 Å². The van der Waals surface area contributed by atoms with E-state index in [2.05, 4.69) is 4.98 Å². The molecule has 1 aliphatic rings. The van der Waals surface area contributed by atoms with Gasteiger partial charge in [-0.05, 0) is 18.9 Å². The predicted molar refractivity (Wildman–Crippen MR) is 62.4 cm³/mol. The lowest BCUT2D eigenvalue weighted by Crippen LogP contribution is -2.40. The molecule has 1 fully saturated rings. The van der Waals surface area contributed by atoms with Crippen molar-refractivity contribution in [1.29, 1.82) is 0 Å². The third kappa shape index (κ3) is 2.73. The second-order valence-electron chi connectivity index (χ2n) is 4.24. The highest BCUT2D eigenvalue weighted by molar-refractivity contribution is 5.47. The van der Waals surface area contributed by atoms with Gasteiger partial charge >= 0.3 is 0 Å². The summed E-state index contributed by atoms with van der Waals surface area (Å²) in [6.07, 6.45) is 3.41. The zero-order chi connectivity index (χ0) is 12.3. The van der Waals surface area contributed by atoms with Gasteiger partial charge in [0.2, 0.25) is 0 Å². The Balaban J connectivity index is 2.20. The van der Waals surface area contributed by atoms with Crippen LogP contribution in [-0.2, 0) is 11.3 Å². The van der Waals surface area contributed by atoms with E-state index in [9.17, 15) is 9.50 Å². The van der Waals surface area contributed by atoms with E-state index in [1.165, 1.54) is 12.3 Å². The molecule has 0 radical (unpaired) electrons. The molecule has 0 amide bonds. The number of nitrogens with zero attached hydrogens (tertiary/aromatic N) is 2. The lowest BCUT2D eigenvalue weighted by atomic mass is 10.1. The normalized spacial score (nSPS) is 20.6. The highest BCUT2D eigenvalue weighted by Crippen LogP contribution is 2.23. The van der Waals surface area contributed by atoms with Gasteiger partial charge in [0.05, 0.1) is 18.9 Å². The maximum atomic E-state index is 13.0. The van der Waals surface area contributed by atoms with Gasteiger partial charge in [0.15, 0.2) is 0 Å². The van der Waals surface area contributed by atoms with Crippen LogP contribution in [0.2, 0.25) is 0 Å². The first kappa shape index (κ1) is 12.3. The molecule has 2 rings (SSSR count). The first-order valence-electron chi connectivity index (χ1n) is 5.77. The van der Waals surface area contributed by atoms with Crippen molar-refractivity contribution in [2.75, 3.05) is 25.1 Å². The highest BCUT2D eigenvalue weighted by Gasteiger charge is 2.22. The van der Waals surface area contributed by atoms with Crippen molar-refractivity contribution >= 4 is 5.82 Å². The summed E-state index contributed by atoms with van der Waals surface area (Å²) in [5, 5.41) is 9.23. The number of halogens is 1. The molecule has 1 unspecified atom stereocenters. The molecule has 1 aromatic heterocycles. The molecule has 94 valence electrons. The van der Waals surface area contributed by atoms with Crippen LogP contribution in [0.5, 0.6) is 0 Å². The number of aliphatic hydroxyl groups is 1. The van der Waals surface area contributed by atoms with E-state index >= 15 is 0 Å². The monoisotopic (exact) mass is 240 g/mol. The fourth-order valence-electron chi connectivity index (χ4n) is 2.20. The van der Waals surface area contributed by atoms with Gasteiger partial charge in [0.25, 0.3) is 0 Å². The Labute approximate surface area is 100 Å². The van der Waals surface area contributed by atoms with Crippen LogP contribution in [0.4, 0.5) is 10.2 Å². The van der Waals surface area contributed by atoms with Crippen LogP contribution >= 0.6 is 0 Å². The fourth-order valence-corrected chi connectivity index (χ4v) is 2.20. The number of piperidine rings is 1. The van der Waals surface area contributed by atoms with E-state index in [1.807, 2.05) is 4.90 Å². The topological polar surface area (TPSA) is 45.6 Å². The zero-order valence-electron chi connectivity index (χ0n) is 9.90. The molecular weight excluding hydrogens is 223 g/mol. The summed E-state index contributed by atoms with van der Waals surface area (Å²) in [5.41, 5.74) is 0.529. The number of aromatic nitrogens is 1. The molecule has 17 heavy (non-hydrogen) atoms. The minimum atomic E-state index is -0.418. The number of methoxy groups -OCH3 is 1. The average molecular weight is 240 g/mol. The van der Waals surface area contributed by atoms with E-state index in [4.69, 9.17) is 4.74 Å². The summed E-state index contributed by atoms with van der Waals surface area (Å²) in [7, 11) is 1.69. The van der Waals surface area contributed by atoms with Gasteiger partial charge in [-0.2, -0.15) is 0 Å². The molecule has 0 bridgehead atoms. The van der Waals surface area contributed by atoms with Gasteiger partial charge in [0, 0.05) is 25.8 Å². The molecule has 1 atom stereocenters. The molecule has 2 heterocycles. The second kappa shape index (κ2) is 5.42. The van der Waals surface area contributed by atoms with E-state index in [0.717, 1.165) is 25.9 Å². The summed E-state index contributed by atoms with van der Waals surface area (Å²) in [6.45, 7) is 1.40. The minimum Gasteiger partial charge on any atom is -0.392 e. The van der Waals surface area contributed by atoms with Crippen LogP contribution in [0.15, 0.2) is 12.3 Å². The summed E-state index contributed by atoms with van der Waals surface area (Å²) in [4.78, 5) is 6.12. The number of anilines is 1. The number of rotatable bonds is 3. The van der Waals surface area contributed by atoms with Crippen molar-refractivity contribution in [3.63, 3.8) is 0 Å². The predicted octanol–water partition coefficient (Wildman–Crippen LogP) is 1.33. The number of hydrogen-bond acceptors (Lipinski definition) is 4. The Morgan fingerprint density at radius 3 is 3.18 bits per heavy atom. The van der Waals surface area contributed by atoms with Crippen LogP contribution in [0, 0.1) is 5.82 Å². The van der Waals surface area contributed by atoms with E-state index < -0.39 is 5.82 Å². The molecule has 1 aliphatic heterocycles. The minimum absolute atomic E-state index is 0.183. The Bertz CT molecular complexity index is 387. The standard InChI is InChI=1S/C12H17FN2O2/c1-17-11-3-2-4-15(7-11)12-9(8-16)5-10(13)6-14-12/h5-6,11,16H,2-4,7-8H2,1H3. The smallest absolute Gasteiger partial charge is 0.142 e.